The zero-order chi connectivity index (χ0) is 20.5. The van der Waals surface area contributed by atoms with Gasteiger partial charge in [-0.05, 0) is 25.8 Å². The van der Waals surface area contributed by atoms with Crippen molar-refractivity contribution in [2.24, 2.45) is 5.92 Å². The van der Waals surface area contributed by atoms with Crippen LogP contribution in [0.5, 0.6) is 0 Å². The Bertz CT molecular complexity index is 1070. The van der Waals surface area contributed by atoms with Gasteiger partial charge in [0.1, 0.15) is 4.83 Å². The Morgan fingerprint density at radius 3 is 3.00 bits per heavy atom. The topological polar surface area (TPSA) is 84.2 Å². The Labute approximate surface area is 175 Å². The smallest absolute Gasteiger partial charge is 0.310 e. The van der Waals surface area contributed by atoms with Crippen molar-refractivity contribution < 1.29 is 19.1 Å². The van der Waals surface area contributed by atoms with E-state index >= 15 is 0 Å². The summed E-state index contributed by atoms with van der Waals surface area (Å²) in [5.41, 5.74) is 0.905. The van der Waals surface area contributed by atoms with Gasteiger partial charge in [0.2, 0.25) is 5.91 Å². The summed E-state index contributed by atoms with van der Waals surface area (Å²) < 4.78 is 7.05. The number of carbonyl (C=O) groups excluding carboxylic acids is 3. The van der Waals surface area contributed by atoms with E-state index in [0.717, 1.165) is 28.1 Å². The van der Waals surface area contributed by atoms with Gasteiger partial charge in [-0.1, -0.05) is 0 Å². The number of piperidine rings is 1. The van der Waals surface area contributed by atoms with Gasteiger partial charge in [-0.3, -0.25) is 18.8 Å². The van der Waals surface area contributed by atoms with Gasteiger partial charge in [0.25, 0.3) is 5.91 Å². The molecule has 0 aliphatic carbocycles. The molecule has 1 unspecified atom stereocenters. The molecule has 154 valence electrons. The van der Waals surface area contributed by atoms with Gasteiger partial charge in [-0.25, -0.2) is 4.98 Å². The van der Waals surface area contributed by atoms with Crippen molar-refractivity contribution in [1.82, 2.24) is 19.2 Å². The molecule has 0 saturated carbocycles. The zero-order valence-corrected chi connectivity index (χ0v) is 17.9. The number of aromatic nitrogens is 2. The Kier molecular flexibility index (Phi) is 5.55. The van der Waals surface area contributed by atoms with Crippen LogP contribution in [0.3, 0.4) is 0 Å². The second-order valence-electron chi connectivity index (χ2n) is 7.06. The van der Waals surface area contributed by atoms with Crippen LogP contribution in [0.25, 0.3) is 15.3 Å². The maximum atomic E-state index is 12.8. The largest absolute Gasteiger partial charge is 0.466 e. The third-order valence-corrected chi connectivity index (χ3v) is 6.83. The number of esters is 1. The lowest BCUT2D eigenvalue weighted by Crippen LogP contribution is -2.47. The lowest BCUT2D eigenvalue weighted by Gasteiger charge is -2.32. The summed E-state index contributed by atoms with van der Waals surface area (Å²) in [6.07, 6.45) is 3.41. The highest BCUT2D eigenvalue weighted by Gasteiger charge is 2.30. The van der Waals surface area contributed by atoms with Gasteiger partial charge in [-0.2, -0.15) is 0 Å². The van der Waals surface area contributed by atoms with E-state index < -0.39 is 0 Å². The van der Waals surface area contributed by atoms with Crippen molar-refractivity contribution in [2.75, 3.05) is 33.3 Å². The molecule has 2 amide bonds. The summed E-state index contributed by atoms with van der Waals surface area (Å²) >= 11 is 2.88. The number of fused-ring (bicyclic) bond motifs is 3. The van der Waals surface area contributed by atoms with Crippen LogP contribution >= 0.6 is 22.7 Å². The molecule has 3 aromatic rings. The SMILES string of the molecule is CCOC(=O)C1CCCN(C(=O)CN(C)C(=O)c2cc3c(nc4sccn43)s2)C1. The first-order valence-electron chi connectivity index (χ1n) is 9.53. The number of ether oxygens (including phenoxy) is 1. The average Bonchev–Trinajstić information content (AvgIpc) is 3.40. The van der Waals surface area contributed by atoms with Crippen LogP contribution in [0.2, 0.25) is 0 Å². The highest BCUT2D eigenvalue weighted by Crippen LogP contribution is 2.29. The fraction of sp³-hybridized carbons (Fsp3) is 0.474. The molecule has 29 heavy (non-hydrogen) atoms. The van der Waals surface area contributed by atoms with E-state index in [0.29, 0.717) is 24.6 Å². The Balaban J connectivity index is 1.40. The first-order valence-corrected chi connectivity index (χ1v) is 11.2. The average molecular weight is 435 g/mol. The number of thiazole rings is 1. The molecule has 0 bridgehead atoms. The van der Waals surface area contributed by atoms with Crippen LogP contribution in [0.1, 0.15) is 29.4 Å². The van der Waals surface area contributed by atoms with Crippen molar-refractivity contribution in [2.45, 2.75) is 19.8 Å². The predicted molar refractivity (Wildman–Crippen MR) is 111 cm³/mol. The molecule has 0 spiro atoms. The summed E-state index contributed by atoms with van der Waals surface area (Å²) in [5.74, 6) is -0.897. The summed E-state index contributed by atoms with van der Waals surface area (Å²) in [5, 5.41) is 1.95. The molecule has 0 aromatic carbocycles. The van der Waals surface area contributed by atoms with Gasteiger partial charge in [0.05, 0.1) is 29.5 Å². The number of nitrogens with zero attached hydrogens (tertiary/aromatic N) is 4. The van der Waals surface area contributed by atoms with Crippen LogP contribution in [0, 0.1) is 5.92 Å². The highest BCUT2D eigenvalue weighted by atomic mass is 32.1. The second kappa shape index (κ2) is 8.11. The molecule has 1 aliphatic heterocycles. The number of rotatable bonds is 5. The van der Waals surface area contributed by atoms with E-state index in [2.05, 4.69) is 4.98 Å². The van der Waals surface area contributed by atoms with Crippen LogP contribution in [0.4, 0.5) is 0 Å². The van der Waals surface area contributed by atoms with E-state index in [1.54, 1.807) is 30.2 Å². The van der Waals surface area contributed by atoms with E-state index in [-0.39, 0.29) is 30.2 Å². The molecule has 1 aliphatic rings. The van der Waals surface area contributed by atoms with Gasteiger partial charge >= 0.3 is 5.97 Å². The molecule has 4 heterocycles. The van der Waals surface area contributed by atoms with Crippen molar-refractivity contribution in [3.05, 3.63) is 22.5 Å². The van der Waals surface area contributed by atoms with Gasteiger partial charge in [0, 0.05) is 31.7 Å². The molecule has 4 rings (SSSR count). The number of likely N-dealkylation sites (tertiary alicyclic amines) is 1. The van der Waals surface area contributed by atoms with Crippen molar-refractivity contribution in [3.63, 3.8) is 0 Å². The number of thiophene rings is 1. The van der Waals surface area contributed by atoms with E-state index in [1.807, 2.05) is 22.0 Å². The second-order valence-corrected chi connectivity index (χ2v) is 8.96. The number of likely N-dealkylation sites (N-methyl/N-ethyl adjacent to an activating group) is 1. The predicted octanol–water partition coefficient (Wildman–Crippen LogP) is 2.48. The molecule has 0 N–H and O–H groups in total. The number of carbonyl (C=O) groups is 3. The molecule has 1 fully saturated rings. The van der Waals surface area contributed by atoms with Crippen LogP contribution < -0.4 is 0 Å². The van der Waals surface area contributed by atoms with Gasteiger partial charge in [0.15, 0.2) is 4.96 Å². The highest BCUT2D eigenvalue weighted by molar-refractivity contribution is 7.21. The molecule has 1 atom stereocenters. The first kappa shape index (κ1) is 19.8. The minimum Gasteiger partial charge on any atom is -0.466 e. The van der Waals surface area contributed by atoms with Crippen LogP contribution in [0.15, 0.2) is 17.6 Å². The minimum atomic E-state index is -0.285. The maximum absolute atomic E-state index is 12.8. The van der Waals surface area contributed by atoms with Crippen molar-refractivity contribution in [3.8, 4) is 0 Å². The number of hydrogen-bond donors (Lipinski definition) is 0. The molecule has 3 aromatic heterocycles. The Morgan fingerprint density at radius 2 is 2.21 bits per heavy atom. The summed E-state index contributed by atoms with van der Waals surface area (Å²) in [6, 6.07) is 1.83. The number of amides is 2. The summed E-state index contributed by atoms with van der Waals surface area (Å²) in [7, 11) is 1.62. The van der Waals surface area contributed by atoms with E-state index in [9.17, 15) is 14.4 Å². The fourth-order valence-corrected chi connectivity index (χ4v) is 5.37. The number of imidazole rings is 1. The summed E-state index contributed by atoms with van der Waals surface area (Å²) in [6.45, 7) is 3.04. The van der Waals surface area contributed by atoms with Crippen LogP contribution in [-0.4, -0.2) is 70.3 Å². The van der Waals surface area contributed by atoms with E-state index in [4.69, 9.17) is 4.74 Å². The molecular weight excluding hydrogens is 412 g/mol. The minimum absolute atomic E-state index is 0.0229. The van der Waals surface area contributed by atoms with Crippen LogP contribution in [-0.2, 0) is 14.3 Å². The molecular formula is C19H22N4O4S2. The van der Waals surface area contributed by atoms with Crippen molar-refractivity contribution >= 4 is 55.8 Å². The quantitative estimate of drug-likeness (QED) is 0.576. The number of hydrogen-bond acceptors (Lipinski definition) is 7. The monoisotopic (exact) mass is 434 g/mol. The molecule has 8 nitrogen and oxygen atoms in total. The fourth-order valence-electron chi connectivity index (χ4n) is 3.57. The Morgan fingerprint density at radius 1 is 1.38 bits per heavy atom. The summed E-state index contributed by atoms with van der Waals surface area (Å²) in [4.78, 5) is 47.4. The van der Waals surface area contributed by atoms with Gasteiger partial charge in [-0.15, -0.1) is 22.7 Å². The molecule has 1 saturated heterocycles. The first-order chi connectivity index (χ1) is 14.0. The zero-order valence-electron chi connectivity index (χ0n) is 16.3. The molecule has 0 radical (unpaired) electrons. The lowest BCUT2D eigenvalue weighted by atomic mass is 9.98. The standard InChI is InChI=1S/C19H22N4O4S2/c1-3-27-18(26)12-5-4-6-22(10-12)15(24)11-21(2)17(25)14-9-13-16(29-14)20-19-23(13)7-8-28-19/h7-9,12H,3-6,10-11H2,1-2H3. The molecule has 10 heteroatoms. The third kappa shape index (κ3) is 3.86. The van der Waals surface area contributed by atoms with Crippen molar-refractivity contribution in [1.29, 1.82) is 0 Å². The maximum Gasteiger partial charge on any atom is 0.310 e. The van der Waals surface area contributed by atoms with E-state index in [1.165, 1.54) is 16.2 Å². The normalized spacial score (nSPS) is 17.0. The third-order valence-electron chi connectivity index (χ3n) is 5.06. The van der Waals surface area contributed by atoms with Gasteiger partial charge < -0.3 is 14.5 Å². The Hall–Kier alpha value is -2.46. The lowest BCUT2D eigenvalue weighted by molar-refractivity contribution is -0.151.